The fraction of sp³-hybridized carbons (Fsp3) is 0.231. The Morgan fingerprint density at radius 3 is 2.47 bits per heavy atom. The highest BCUT2D eigenvalue weighted by Gasteiger charge is 2.20. The number of halogens is 1. The molecule has 0 aliphatic carbocycles. The third-order valence-electron chi connectivity index (χ3n) is 2.38. The second-order valence-corrected chi connectivity index (χ2v) is 6.00. The summed E-state index contributed by atoms with van der Waals surface area (Å²) in [6.45, 7) is 2.00. The first-order valence-electron chi connectivity index (χ1n) is 5.38. The third kappa shape index (κ3) is 3.37. The van der Waals surface area contributed by atoms with Crippen LogP contribution < -0.4 is 5.73 Å². The summed E-state index contributed by atoms with van der Waals surface area (Å²) in [6, 6.07) is 12.1. The molecule has 2 nitrogen and oxygen atoms in total. The molecule has 4 heteroatoms. The molecule has 0 spiro atoms. The molecule has 17 heavy (non-hydrogen) atoms. The van der Waals surface area contributed by atoms with Crippen LogP contribution in [0.2, 0.25) is 0 Å². The minimum absolute atomic E-state index is 0.0368. The summed E-state index contributed by atoms with van der Waals surface area (Å²) >= 11 is 5.15. The van der Waals surface area contributed by atoms with E-state index in [2.05, 4.69) is 28.1 Å². The summed E-state index contributed by atoms with van der Waals surface area (Å²) in [7, 11) is 0. The van der Waals surface area contributed by atoms with Crippen LogP contribution in [-0.4, -0.2) is 6.04 Å². The van der Waals surface area contributed by atoms with Gasteiger partial charge in [-0.3, -0.25) is 0 Å². The molecule has 1 heterocycles. The van der Waals surface area contributed by atoms with Crippen LogP contribution >= 0.6 is 27.7 Å². The summed E-state index contributed by atoms with van der Waals surface area (Å²) < 4.78 is 6.52. The van der Waals surface area contributed by atoms with Crippen LogP contribution in [0.3, 0.4) is 0 Å². The third-order valence-corrected chi connectivity index (χ3v) is 4.37. The lowest BCUT2D eigenvalue weighted by Gasteiger charge is -2.18. The average molecular weight is 312 g/mol. The summed E-state index contributed by atoms with van der Waals surface area (Å²) in [5.41, 5.74) is 6.02. The summed E-state index contributed by atoms with van der Waals surface area (Å²) in [5.74, 6) is 0.924. The Labute approximate surface area is 114 Å². The van der Waals surface area contributed by atoms with Gasteiger partial charge in [-0.2, -0.15) is 0 Å². The van der Waals surface area contributed by atoms with Gasteiger partial charge in [-0.15, -0.1) is 11.8 Å². The molecular weight excluding hydrogens is 298 g/mol. The number of nitrogens with two attached hydrogens (primary N) is 1. The second-order valence-electron chi connectivity index (χ2n) is 3.87. The molecule has 1 aromatic heterocycles. The monoisotopic (exact) mass is 311 g/mol. The predicted molar refractivity (Wildman–Crippen MR) is 75.1 cm³/mol. The molecular formula is C13H14BrNOS. The number of hydrogen-bond acceptors (Lipinski definition) is 3. The zero-order valence-corrected chi connectivity index (χ0v) is 11.9. The lowest BCUT2D eigenvalue weighted by molar-refractivity contribution is 0.487. The largest absolute Gasteiger partial charge is 0.468 e. The van der Waals surface area contributed by atoms with Gasteiger partial charge in [0, 0.05) is 15.4 Å². The Hall–Kier alpha value is -0.710. The molecule has 1 aromatic carbocycles. The highest BCUT2D eigenvalue weighted by Crippen LogP contribution is 2.37. The summed E-state index contributed by atoms with van der Waals surface area (Å²) in [6.07, 6.45) is 1.69. The normalized spacial score (nSPS) is 14.5. The van der Waals surface area contributed by atoms with Gasteiger partial charge in [0.15, 0.2) is 0 Å². The van der Waals surface area contributed by atoms with Crippen molar-refractivity contribution >= 4 is 27.7 Å². The molecule has 2 aromatic rings. The van der Waals surface area contributed by atoms with E-state index >= 15 is 0 Å². The molecule has 2 atom stereocenters. The Morgan fingerprint density at radius 2 is 1.94 bits per heavy atom. The molecule has 2 N–H and O–H groups in total. The number of rotatable bonds is 4. The van der Waals surface area contributed by atoms with Crippen molar-refractivity contribution in [1.29, 1.82) is 0 Å². The van der Waals surface area contributed by atoms with Gasteiger partial charge in [0.05, 0.1) is 11.5 Å². The molecule has 2 rings (SSSR count). The van der Waals surface area contributed by atoms with Crippen molar-refractivity contribution in [2.75, 3.05) is 0 Å². The molecule has 0 saturated heterocycles. The molecule has 0 radical (unpaired) electrons. The van der Waals surface area contributed by atoms with Crippen molar-refractivity contribution in [2.24, 2.45) is 5.73 Å². The molecule has 0 saturated carbocycles. The topological polar surface area (TPSA) is 39.2 Å². The van der Waals surface area contributed by atoms with Gasteiger partial charge in [0.2, 0.25) is 0 Å². The minimum atomic E-state index is 0.0368. The van der Waals surface area contributed by atoms with Crippen molar-refractivity contribution < 1.29 is 4.42 Å². The number of benzene rings is 1. The maximum absolute atomic E-state index is 6.02. The minimum Gasteiger partial charge on any atom is -0.468 e. The average Bonchev–Trinajstić information content (AvgIpc) is 2.81. The van der Waals surface area contributed by atoms with E-state index < -0.39 is 0 Å². The van der Waals surface area contributed by atoms with Gasteiger partial charge in [-0.05, 0) is 43.3 Å². The fourth-order valence-electron chi connectivity index (χ4n) is 1.54. The highest BCUT2D eigenvalue weighted by molar-refractivity contribution is 9.10. The van der Waals surface area contributed by atoms with Crippen LogP contribution in [0.1, 0.15) is 17.9 Å². The molecule has 90 valence electrons. The lowest BCUT2D eigenvalue weighted by atomic mass is 10.2. The Bertz CT molecular complexity index is 453. The van der Waals surface area contributed by atoms with Gasteiger partial charge in [-0.1, -0.05) is 15.9 Å². The summed E-state index contributed by atoms with van der Waals surface area (Å²) in [5, 5.41) is 0.145. The zero-order chi connectivity index (χ0) is 12.3. The second kappa shape index (κ2) is 5.76. The molecule has 0 bridgehead atoms. The van der Waals surface area contributed by atoms with Crippen molar-refractivity contribution in [3.05, 3.63) is 52.9 Å². The van der Waals surface area contributed by atoms with Crippen LogP contribution in [0.5, 0.6) is 0 Å². The van der Waals surface area contributed by atoms with Gasteiger partial charge < -0.3 is 10.2 Å². The molecule has 0 fully saturated rings. The van der Waals surface area contributed by atoms with Gasteiger partial charge in [0.1, 0.15) is 5.76 Å². The Balaban J connectivity index is 2.16. The van der Waals surface area contributed by atoms with E-state index in [1.165, 1.54) is 4.90 Å². The van der Waals surface area contributed by atoms with Crippen LogP contribution in [0.25, 0.3) is 0 Å². The van der Waals surface area contributed by atoms with E-state index in [0.717, 1.165) is 10.2 Å². The van der Waals surface area contributed by atoms with Gasteiger partial charge in [-0.25, -0.2) is 0 Å². The summed E-state index contributed by atoms with van der Waals surface area (Å²) in [4.78, 5) is 1.19. The quantitative estimate of drug-likeness (QED) is 0.859. The Kier molecular flexibility index (Phi) is 4.31. The molecule has 0 aliphatic rings. The smallest absolute Gasteiger partial charge is 0.118 e. The maximum atomic E-state index is 6.02. The van der Waals surface area contributed by atoms with Crippen molar-refractivity contribution in [1.82, 2.24) is 0 Å². The van der Waals surface area contributed by atoms with E-state index in [-0.39, 0.29) is 11.3 Å². The lowest BCUT2D eigenvalue weighted by Crippen LogP contribution is -2.22. The molecule has 0 amide bonds. The predicted octanol–water partition coefficient (Wildman–Crippen LogP) is 4.22. The van der Waals surface area contributed by atoms with Crippen LogP contribution in [0.4, 0.5) is 0 Å². The first-order chi connectivity index (χ1) is 8.16. The first kappa shape index (κ1) is 12.7. The fourth-order valence-corrected chi connectivity index (χ4v) is 2.85. The zero-order valence-electron chi connectivity index (χ0n) is 9.47. The van der Waals surface area contributed by atoms with Gasteiger partial charge in [0.25, 0.3) is 0 Å². The number of furan rings is 1. The molecule has 2 unspecified atom stereocenters. The first-order valence-corrected chi connectivity index (χ1v) is 7.05. The number of hydrogen-bond donors (Lipinski definition) is 1. The maximum Gasteiger partial charge on any atom is 0.118 e. The number of thioether (sulfide) groups is 1. The van der Waals surface area contributed by atoms with Crippen molar-refractivity contribution in [3.63, 3.8) is 0 Å². The van der Waals surface area contributed by atoms with Crippen molar-refractivity contribution in [3.8, 4) is 0 Å². The van der Waals surface area contributed by atoms with E-state index in [9.17, 15) is 0 Å². The molecule has 0 aliphatic heterocycles. The van der Waals surface area contributed by atoms with Crippen LogP contribution in [0.15, 0.2) is 56.4 Å². The van der Waals surface area contributed by atoms with Crippen LogP contribution in [0, 0.1) is 0 Å². The van der Waals surface area contributed by atoms with E-state index in [1.54, 1.807) is 18.0 Å². The van der Waals surface area contributed by atoms with E-state index in [0.29, 0.717) is 0 Å². The standard InChI is InChI=1S/C13H14BrNOS/c1-9(15)13(12-3-2-8-16-12)17-11-6-4-10(14)5-7-11/h2-9,13H,15H2,1H3. The van der Waals surface area contributed by atoms with Crippen molar-refractivity contribution in [2.45, 2.75) is 23.1 Å². The van der Waals surface area contributed by atoms with E-state index in [4.69, 9.17) is 10.2 Å². The Morgan fingerprint density at radius 1 is 1.24 bits per heavy atom. The highest BCUT2D eigenvalue weighted by atomic mass is 79.9. The van der Waals surface area contributed by atoms with Gasteiger partial charge >= 0.3 is 0 Å². The van der Waals surface area contributed by atoms with Crippen LogP contribution in [-0.2, 0) is 0 Å². The SMILES string of the molecule is CC(N)C(Sc1ccc(Br)cc1)c1ccco1. The van der Waals surface area contributed by atoms with E-state index in [1.807, 2.05) is 31.2 Å².